The van der Waals surface area contributed by atoms with Crippen LogP contribution in [0.15, 0.2) is 72.9 Å². The zero-order valence-corrected chi connectivity index (χ0v) is 32.6. The van der Waals surface area contributed by atoms with Gasteiger partial charge in [0.15, 0.2) is 5.65 Å². The highest BCUT2D eigenvalue weighted by molar-refractivity contribution is 5.89. The van der Waals surface area contributed by atoms with Gasteiger partial charge in [-0.3, -0.25) is 14.5 Å². The van der Waals surface area contributed by atoms with Gasteiger partial charge in [-0.05, 0) is 88.5 Å². The van der Waals surface area contributed by atoms with Crippen molar-refractivity contribution in [3.8, 4) is 17.2 Å². The molecule has 0 radical (unpaired) electrons. The summed E-state index contributed by atoms with van der Waals surface area (Å²) in [6.45, 7) is 10.7. The molecule has 2 aliphatic rings. The third-order valence-corrected chi connectivity index (χ3v) is 10.0. The summed E-state index contributed by atoms with van der Waals surface area (Å²) in [7, 11) is 4.04. The van der Waals surface area contributed by atoms with Crippen LogP contribution in [0.25, 0.3) is 11.3 Å². The van der Waals surface area contributed by atoms with Gasteiger partial charge < -0.3 is 29.7 Å². The highest BCUT2D eigenvalue weighted by atomic mass is 16.5. The number of amides is 2. The van der Waals surface area contributed by atoms with E-state index >= 15 is 0 Å². The Morgan fingerprint density at radius 3 is 2.51 bits per heavy atom. The zero-order valence-electron chi connectivity index (χ0n) is 32.6. The molecule has 1 fully saturated rings. The Hall–Kier alpha value is -5.63. The summed E-state index contributed by atoms with van der Waals surface area (Å²) < 4.78 is 16.5. The number of hydrogen-bond acceptors (Lipinski definition) is 9. The molecule has 1 saturated heterocycles. The molecule has 2 aromatic carbocycles. The molecule has 3 N–H and O–H groups in total. The average molecular weight is 752 g/mol. The summed E-state index contributed by atoms with van der Waals surface area (Å²) in [6.07, 6.45) is 6.86. The number of piperidine rings is 1. The van der Waals surface area contributed by atoms with Crippen molar-refractivity contribution in [2.24, 2.45) is 0 Å². The predicted octanol–water partition coefficient (Wildman–Crippen LogP) is 7.01. The maximum absolute atomic E-state index is 13.7. The van der Waals surface area contributed by atoms with Gasteiger partial charge >= 0.3 is 6.03 Å². The van der Waals surface area contributed by atoms with Gasteiger partial charge in [-0.1, -0.05) is 51.1 Å². The Balaban J connectivity index is 0.00000166. The van der Waals surface area contributed by atoms with E-state index in [2.05, 4.69) is 70.5 Å². The number of aromatic nitrogens is 5. The lowest BCUT2D eigenvalue weighted by Crippen LogP contribution is -2.38. The van der Waals surface area contributed by atoms with Crippen molar-refractivity contribution < 1.29 is 24.2 Å². The zero-order chi connectivity index (χ0) is 39.1. The third kappa shape index (κ3) is 9.37. The van der Waals surface area contributed by atoms with Crippen LogP contribution in [0.1, 0.15) is 88.8 Å². The van der Waals surface area contributed by atoms with E-state index in [0.29, 0.717) is 18.5 Å². The summed E-state index contributed by atoms with van der Waals surface area (Å²) in [5.74, 6) is 2.96. The monoisotopic (exact) mass is 751 g/mol. The number of nitrogens with zero attached hydrogens (tertiary/aromatic N) is 7. The number of rotatable bonds is 10. The Morgan fingerprint density at radius 2 is 1.76 bits per heavy atom. The summed E-state index contributed by atoms with van der Waals surface area (Å²) in [5, 5.41) is 27.1. The first kappa shape index (κ1) is 39.1. The van der Waals surface area contributed by atoms with E-state index in [-0.39, 0.29) is 30.1 Å². The van der Waals surface area contributed by atoms with Gasteiger partial charge in [-0.15, -0.1) is 10.2 Å². The number of pyridine rings is 1. The topological polar surface area (TPSA) is 151 Å². The van der Waals surface area contributed by atoms with Crippen LogP contribution in [0.2, 0.25) is 0 Å². The smallest absolute Gasteiger partial charge is 0.320 e. The summed E-state index contributed by atoms with van der Waals surface area (Å²) >= 11 is 0. The summed E-state index contributed by atoms with van der Waals surface area (Å²) in [4.78, 5) is 26.5. The van der Waals surface area contributed by atoms with Crippen molar-refractivity contribution >= 4 is 29.9 Å². The Labute approximate surface area is 322 Å². The van der Waals surface area contributed by atoms with Crippen molar-refractivity contribution in [2.45, 2.75) is 83.4 Å². The number of nitrogens with one attached hydrogen (secondary N) is 2. The fourth-order valence-corrected chi connectivity index (χ4v) is 7.10. The molecule has 5 aromatic rings. The number of benzene rings is 2. The van der Waals surface area contributed by atoms with Crippen LogP contribution in [0.5, 0.6) is 11.5 Å². The highest BCUT2D eigenvalue weighted by Crippen LogP contribution is 2.39. The number of carbonyl (C=O) groups is 2. The Morgan fingerprint density at radius 1 is 0.982 bits per heavy atom. The molecule has 0 unspecified atom stereocenters. The van der Waals surface area contributed by atoms with E-state index in [0.717, 1.165) is 84.4 Å². The molecule has 3 atom stereocenters. The molecule has 14 heteroatoms. The van der Waals surface area contributed by atoms with Gasteiger partial charge in [-0.2, -0.15) is 5.10 Å². The van der Waals surface area contributed by atoms with Crippen LogP contribution < -0.4 is 25.0 Å². The largest absolute Gasteiger partial charge is 0.492 e. The standard InChI is InChI=1S/C40H51N9O3.CH2O2/c1-27-12-9-10-21-47(27)39-44-43-36-20-17-30(26-48(36)39)52-34-19-18-33(31-15-7-8-16-32(31)34)41-38(50)42-37-25-35(40(2,3)4)45-49(37)28-13-11-14-29(24-28)51-23-22-46(5)6;2-1-3/h7-8,11,13-17,20,24-27,33-34H,9-10,12,18-19,21-23H2,1-6H3,(H2,41,42,50);1H,(H,2,3)/t27-,33+,34-;/m1./s1. The van der Waals surface area contributed by atoms with Gasteiger partial charge in [0, 0.05) is 36.7 Å². The molecular formula is C41H53N9O5. The van der Waals surface area contributed by atoms with E-state index in [1.54, 1.807) is 4.68 Å². The van der Waals surface area contributed by atoms with Crippen LogP contribution in [0.3, 0.4) is 0 Å². The van der Waals surface area contributed by atoms with E-state index in [4.69, 9.17) is 24.5 Å². The molecule has 4 heterocycles. The number of hydrogen-bond donors (Lipinski definition) is 3. The molecular weight excluding hydrogens is 699 g/mol. The lowest BCUT2D eigenvalue weighted by atomic mass is 9.85. The van der Waals surface area contributed by atoms with Gasteiger partial charge in [0.1, 0.15) is 30.0 Å². The fourth-order valence-electron chi connectivity index (χ4n) is 7.10. The maximum atomic E-state index is 13.7. The maximum Gasteiger partial charge on any atom is 0.320 e. The molecule has 1 aliphatic carbocycles. The summed E-state index contributed by atoms with van der Waals surface area (Å²) in [5.41, 5.74) is 4.37. The molecule has 14 nitrogen and oxygen atoms in total. The van der Waals surface area contributed by atoms with E-state index in [1.807, 2.05) is 79.3 Å². The minimum absolute atomic E-state index is 0.161. The van der Waals surface area contributed by atoms with Gasteiger partial charge in [-0.25, -0.2) is 9.48 Å². The third-order valence-electron chi connectivity index (χ3n) is 10.0. The second-order valence-corrected chi connectivity index (χ2v) is 15.4. The molecule has 0 saturated carbocycles. The van der Waals surface area contributed by atoms with Crippen molar-refractivity contribution in [1.82, 2.24) is 34.6 Å². The van der Waals surface area contributed by atoms with E-state index in [9.17, 15) is 4.79 Å². The van der Waals surface area contributed by atoms with E-state index < -0.39 is 0 Å². The predicted molar refractivity (Wildman–Crippen MR) is 213 cm³/mol. The number of likely N-dealkylation sites (N-methyl/N-ethyl adjacent to an activating group) is 1. The van der Waals surface area contributed by atoms with Crippen molar-refractivity contribution in [2.75, 3.05) is 44.0 Å². The van der Waals surface area contributed by atoms with Gasteiger partial charge in [0.25, 0.3) is 6.47 Å². The van der Waals surface area contributed by atoms with Crippen LogP contribution in [0, 0.1) is 0 Å². The normalized spacial score (nSPS) is 18.2. The number of urea groups is 1. The first-order valence-electron chi connectivity index (χ1n) is 19.0. The second-order valence-electron chi connectivity index (χ2n) is 15.4. The molecule has 7 rings (SSSR count). The highest BCUT2D eigenvalue weighted by Gasteiger charge is 2.31. The number of carboxylic acid groups (broad SMARTS) is 1. The van der Waals surface area contributed by atoms with E-state index in [1.165, 1.54) is 6.42 Å². The van der Waals surface area contributed by atoms with Gasteiger partial charge in [0.2, 0.25) is 5.95 Å². The Bertz CT molecular complexity index is 2070. The SMILES string of the molecule is C[C@@H]1CCCCN1c1nnc2ccc(O[C@@H]3CC[C@H](NC(=O)Nc4cc(C(C)(C)C)nn4-c4cccc(OCCN(C)C)c4)c4ccccc43)cn12.O=CO. The average Bonchev–Trinajstić information content (AvgIpc) is 3.78. The quantitative estimate of drug-likeness (QED) is 0.127. The minimum Gasteiger partial charge on any atom is -0.492 e. The van der Waals surface area contributed by atoms with Crippen LogP contribution in [0.4, 0.5) is 16.6 Å². The molecule has 3 aromatic heterocycles. The molecule has 1 aliphatic heterocycles. The van der Waals surface area contributed by atoms with Crippen molar-refractivity contribution in [3.05, 3.63) is 89.7 Å². The number of anilines is 2. The summed E-state index contributed by atoms with van der Waals surface area (Å²) in [6, 6.07) is 21.8. The first-order valence-corrected chi connectivity index (χ1v) is 19.0. The first-order chi connectivity index (χ1) is 26.4. The second kappa shape index (κ2) is 17.2. The lowest BCUT2D eigenvalue weighted by molar-refractivity contribution is -0.122. The number of carbonyl (C=O) groups excluding carboxylic acids is 1. The molecule has 55 heavy (non-hydrogen) atoms. The van der Waals surface area contributed by atoms with Crippen LogP contribution in [-0.4, -0.2) is 86.7 Å². The van der Waals surface area contributed by atoms with Crippen molar-refractivity contribution in [3.63, 3.8) is 0 Å². The lowest BCUT2D eigenvalue weighted by Gasteiger charge is -2.33. The van der Waals surface area contributed by atoms with Crippen LogP contribution in [-0.2, 0) is 10.2 Å². The number of ether oxygens (including phenoxy) is 2. The molecule has 2 amide bonds. The van der Waals surface area contributed by atoms with Crippen LogP contribution >= 0.6 is 0 Å². The fraction of sp³-hybridized carbons (Fsp3) is 0.439. The minimum atomic E-state index is -0.295. The molecule has 0 bridgehead atoms. The van der Waals surface area contributed by atoms with Crippen molar-refractivity contribution in [1.29, 1.82) is 0 Å². The Kier molecular flexibility index (Phi) is 12.2. The van der Waals surface area contributed by atoms with Gasteiger partial charge in [0.05, 0.1) is 23.6 Å². The molecule has 0 spiro atoms. The molecule has 292 valence electrons. The number of fused-ring (bicyclic) bond motifs is 2.